The van der Waals surface area contributed by atoms with Crippen LogP contribution in [-0.2, 0) is 25.4 Å². The van der Waals surface area contributed by atoms with E-state index in [0.717, 1.165) is 5.56 Å². The number of hydrogen-bond donors (Lipinski definition) is 3. The summed E-state index contributed by atoms with van der Waals surface area (Å²) < 4.78 is 15.5. The molecule has 2 atom stereocenters. The number of nitrogen functional groups attached to an aromatic ring is 2. The highest BCUT2D eigenvalue weighted by molar-refractivity contribution is 5.92. The highest BCUT2D eigenvalue weighted by Crippen LogP contribution is 2.42. The van der Waals surface area contributed by atoms with Crippen molar-refractivity contribution in [3.63, 3.8) is 0 Å². The van der Waals surface area contributed by atoms with Crippen molar-refractivity contribution in [3.8, 4) is 11.8 Å². The number of hydrogen-bond acceptors (Lipinski definition) is 9. The van der Waals surface area contributed by atoms with Gasteiger partial charge in [-0.25, -0.2) is 9.78 Å². The summed E-state index contributed by atoms with van der Waals surface area (Å²) >= 11 is 0. The second-order valence-corrected chi connectivity index (χ2v) is 7.08. The molecule has 0 fully saturated rings. The molecule has 166 valence electrons. The lowest BCUT2D eigenvalue weighted by Gasteiger charge is -2.37. The van der Waals surface area contributed by atoms with Crippen molar-refractivity contribution in [1.82, 2.24) is 9.97 Å². The van der Waals surface area contributed by atoms with Gasteiger partial charge in [0, 0.05) is 30.9 Å². The fourth-order valence-corrected chi connectivity index (χ4v) is 3.39. The molecule has 0 saturated heterocycles. The maximum Gasteiger partial charge on any atom is 0.339 e. The lowest BCUT2D eigenvalue weighted by molar-refractivity contribution is -0.169. The Morgan fingerprint density at radius 1 is 1.16 bits per heavy atom. The van der Waals surface area contributed by atoms with Crippen LogP contribution in [0, 0.1) is 17.3 Å². The molecule has 1 heterocycles. The molecule has 5 N–H and O–H groups in total. The molecule has 9 nitrogen and oxygen atoms in total. The largest absolute Gasteiger partial charge is 0.495 e. The Hall–Kier alpha value is -3.87. The fraction of sp³-hybridized carbons (Fsp3) is 0.261. The summed E-state index contributed by atoms with van der Waals surface area (Å²) in [6.45, 7) is 0. The zero-order chi connectivity index (χ0) is 23.4. The first kappa shape index (κ1) is 22.8. The molecular weight excluding hydrogens is 412 g/mol. The topological polar surface area (TPSA) is 143 Å². The summed E-state index contributed by atoms with van der Waals surface area (Å²) in [5, 5.41) is 11.1. The lowest BCUT2D eigenvalue weighted by atomic mass is 9.74. The minimum absolute atomic E-state index is 0.0276. The summed E-state index contributed by atoms with van der Waals surface area (Å²) in [6.07, 6.45) is 4.71. The Bertz CT molecular complexity index is 1140. The van der Waals surface area contributed by atoms with Crippen LogP contribution in [0.2, 0.25) is 0 Å². The smallest absolute Gasteiger partial charge is 0.339 e. The van der Waals surface area contributed by atoms with Gasteiger partial charge in [0.1, 0.15) is 11.4 Å². The average Bonchev–Trinajstić information content (AvgIpc) is 2.81. The van der Waals surface area contributed by atoms with E-state index in [2.05, 4.69) is 21.8 Å². The maximum atomic E-state index is 12.6. The highest BCUT2D eigenvalue weighted by Gasteiger charge is 2.49. The molecule has 9 heteroatoms. The molecule has 2 unspecified atom stereocenters. The van der Waals surface area contributed by atoms with Gasteiger partial charge in [0.25, 0.3) is 5.79 Å². The molecule has 0 amide bonds. The van der Waals surface area contributed by atoms with E-state index >= 15 is 0 Å². The predicted octanol–water partition coefficient (Wildman–Crippen LogP) is 1.20. The molecule has 0 spiro atoms. The van der Waals surface area contributed by atoms with Crippen molar-refractivity contribution in [1.29, 1.82) is 0 Å². The monoisotopic (exact) mass is 436 g/mol. The summed E-state index contributed by atoms with van der Waals surface area (Å²) in [4.78, 5) is 20.6. The molecule has 3 rings (SSSR count). The van der Waals surface area contributed by atoms with E-state index in [1.807, 2.05) is 30.3 Å². The maximum absolute atomic E-state index is 12.6. The standard InChI is InChI=1S/C23H24N4O5/c1-30-18-13-22(10-9-15-7-5-4-6-8-15,11-16-14-26-21(25)27-19(16)24)12-17(20(28)31-2)23(18,29)32-3/h4-8,12-14,29H,11H2,1-3H3,(H4,24,25,26,27). The Morgan fingerprint density at radius 2 is 1.88 bits per heavy atom. The SMILES string of the molecule is COC(=O)C1=CC(C#Cc2ccccc2)(Cc2cnc(N)nc2N)C=C(OC)C1(O)OC. The molecule has 32 heavy (non-hydrogen) atoms. The molecule has 1 aromatic heterocycles. The molecule has 1 aliphatic rings. The summed E-state index contributed by atoms with van der Waals surface area (Å²) in [5.74, 6) is 3.50. The number of carbonyl (C=O) groups is 1. The first-order chi connectivity index (χ1) is 15.3. The quantitative estimate of drug-likeness (QED) is 0.358. The lowest BCUT2D eigenvalue weighted by Crippen LogP contribution is -2.44. The van der Waals surface area contributed by atoms with Crippen molar-refractivity contribution in [2.75, 3.05) is 32.8 Å². The molecule has 0 aliphatic heterocycles. The number of methoxy groups -OCH3 is 3. The van der Waals surface area contributed by atoms with Crippen molar-refractivity contribution < 1.29 is 24.1 Å². The third kappa shape index (κ3) is 4.42. The van der Waals surface area contributed by atoms with Gasteiger partial charge >= 0.3 is 5.97 Å². The van der Waals surface area contributed by atoms with Gasteiger partial charge < -0.3 is 30.8 Å². The van der Waals surface area contributed by atoms with Crippen LogP contribution in [0.15, 0.2) is 60.0 Å². The third-order valence-corrected chi connectivity index (χ3v) is 5.02. The summed E-state index contributed by atoms with van der Waals surface area (Å²) in [5.41, 5.74) is 11.6. The van der Waals surface area contributed by atoms with Crippen LogP contribution in [0.4, 0.5) is 11.8 Å². The van der Waals surface area contributed by atoms with Crippen molar-refractivity contribution >= 4 is 17.7 Å². The number of aromatic nitrogens is 2. The first-order valence-electron chi connectivity index (χ1n) is 9.58. The van der Waals surface area contributed by atoms with Gasteiger partial charge in [0.2, 0.25) is 5.95 Å². The number of carbonyl (C=O) groups excluding carboxylic acids is 1. The van der Waals surface area contributed by atoms with E-state index in [-0.39, 0.29) is 29.5 Å². The number of nitrogens with two attached hydrogens (primary N) is 2. The van der Waals surface area contributed by atoms with Gasteiger partial charge in [0.15, 0.2) is 5.76 Å². The molecule has 2 aromatic rings. The van der Waals surface area contributed by atoms with Gasteiger partial charge in [-0.3, -0.25) is 0 Å². The minimum Gasteiger partial charge on any atom is -0.495 e. The predicted molar refractivity (Wildman–Crippen MR) is 117 cm³/mol. The van der Waals surface area contributed by atoms with E-state index in [0.29, 0.717) is 5.56 Å². The van der Waals surface area contributed by atoms with Gasteiger partial charge in [-0.1, -0.05) is 30.0 Å². The van der Waals surface area contributed by atoms with Crippen LogP contribution in [0.3, 0.4) is 0 Å². The van der Waals surface area contributed by atoms with Gasteiger partial charge in [-0.15, -0.1) is 0 Å². The Balaban J connectivity index is 2.24. The molecular formula is C23H24N4O5. The van der Waals surface area contributed by atoms with Crippen LogP contribution >= 0.6 is 0 Å². The van der Waals surface area contributed by atoms with Gasteiger partial charge in [-0.05, 0) is 24.3 Å². The van der Waals surface area contributed by atoms with Crippen molar-refractivity contribution in [2.24, 2.45) is 5.41 Å². The molecule has 0 radical (unpaired) electrons. The van der Waals surface area contributed by atoms with Crippen LogP contribution in [0.25, 0.3) is 0 Å². The normalized spacial score (nSPS) is 22.1. The Labute approximate surface area is 185 Å². The number of nitrogens with zero attached hydrogens (tertiary/aromatic N) is 2. The number of ether oxygens (including phenoxy) is 3. The molecule has 0 saturated carbocycles. The highest BCUT2D eigenvalue weighted by atomic mass is 16.6. The van der Waals surface area contributed by atoms with E-state index in [1.165, 1.54) is 33.6 Å². The van der Waals surface area contributed by atoms with E-state index < -0.39 is 17.2 Å². The second kappa shape index (κ2) is 9.09. The molecule has 1 aromatic carbocycles. The number of aliphatic hydroxyl groups is 1. The van der Waals surface area contributed by atoms with E-state index in [9.17, 15) is 9.90 Å². The van der Waals surface area contributed by atoms with Crippen LogP contribution in [-0.4, -0.2) is 48.2 Å². The van der Waals surface area contributed by atoms with E-state index in [4.69, 9.17) is 25.7 Å². The number of allylic oxidation sites excluding steroid dienone is 2. The van der Waals surface area contributed by atoms with E-state index in [1.54, 1.807) is 6.08 Å². The molecule has 1 aliphatic carbocycles. The van der Waals surface area contributed by atoms with Crippen molar-refractivity contribution in [3.05, 3.63) is 71.1 Å². The van der Waals surface area contributed by atoms with Crippen molar-refractivity contribution in [2.45, 2.75) is 12.2 Å². The van der Waals surface area contributed by atoms with Crippen LogP contribution in [0.1, 0.15) is 11.1 Å². The van der Waals surface area contributed by atoms with Crippen LogP contribution < -0.4 is 11.5 Å². The zero-order valence-corrected chi connectivity index (χ0v) is 18.0. The fourth-order valence-electron chi connectivity index (χ4n) is 3.39. The van der Waals surface area contributed by atoms with Gasteiger partial charge in [-0.2, -0.15) is 4.98 Å². The second-order valence-electron chi connectivity index (χ2n) is 7.08. The third-order valence-electron chi connectivity index (χ3n) is 5.02. The number of esters is 1. The minimum atomic E-state index is -2.15. The average molecular weight is 436 g/mol. The Kier molecular flexibility index (Phi) is 6.48. The molecule has 0 bridgehead atoms. The van der Waals surface area contributed by atoms with Crippen LogP contribution in [0.5, 0.6) is 0 Å². The number of rotatable bonds is 5. The summed E-state index contributed by atoms with van der Waals surface area (Å²) in [6, 6.07) is 9.30. The zero-order valence-electron chi connectivity index (χ0n) is 18.0. The number of anilines is 2. The number of benzene rings is 1. The Morgan fingerprint density at radius 3 is 2.47 bits per heavy atom. The first-order valence-corrected chi connectivity index (χ1v) is 9.58. The summed E-state index contributed by atoms with van der Waals surface area (Å²) in [7, 11) is 3.80. The van der Waals surface area contributed by atoms with Gasteiger partial charge in [0.05, 0.1) is 19.6 Å².